The highest BCUT2D eigenvalue weighted by Gasteiger charge is 2.07. The highest BCUT2D eigenvalue weighted by atomic mass is 19.1. The van der Waals surface area contributed by atoms with Crippen molar-refractivity contribution in [1.82, 2.24) is 0 Å². The van der Waals surface area contributed by atoms with Crippen molar-refractivity contribution in [2.45, 2.75) is 19.4 Å². The number of hydrogen-bond donors (Lipinski definition) is 1. The molecule has 2 rings (SSSR count). The Labute approximate surface area is 112 Å². The summed E-state index contributed by atoms with van der Waals surface area (Å²) < 4.78 is 13.5. The van der Waals surface area contributed by atoms with Gasteiger partial charge in [0.15, 0.2) is 0 Å². The molecular weight excluding hydrogens is 239 g/mol. The van der Waals surface area contributed by atoms with Crippen LogP contribution in [0, 0.1) is 17.1 Å². The second-order valence-electron chi connectivity index (χ2n) is 4.53. The summed E-state index contributed by atoms with van der Waals surface area (Å²) >= 11 is 0. The van der Waals surface area contributed by atoms with Crippen LogP contribution in [0.2, 0.25) is 0 Å². The van der Waals surface area contributed by atoms with Gasteiger partial charge in [-0.15, -0.1) is 0 Å². The van der Waals surface area contributed by atoms with Gasteiger partial charge in [-0.1, -0.05) is 18.2 Å². The van der Waals surface area contributed by atoms with Crippen LogP contribution in [0.15, 0.2) is 48.5 Å². The minimum atomic E-state index is -0.170. The van der Waals surface area contributed by atoms with Crippen molar-refractivity contribution in [1.29, 1.82) is 5.26 Å². The predicted octanol–water partition coefficient (Wildman–Crippen LogP) is 3.74. The molecule has 3 heteroatoms. The van der Waals surface area contributed by atoms with E-state index >= 15 is 0 Å². The topological polar surface area (TPSA) is 35.8 Å². The maximum absolute atomic E-state index is 13.5. The van der Waals surface area contributed by atoms with E-state index in [1.807, 2.05) is 25.1 Å². The average Bonchev–Trinajstić information content (AvgIpc) is 2.42. The molecule has 0 aliphatic heterocycles. The first-order valence-corrected chi connectivity index (χ1v) is 6.19. The molecule has 19 heavy (non-hydrogen) atoms. The summed E-state index contributed by atoms with van der Waals surface area (Å²) in [5.41, 5.74) is 2.27. The van der Waals surface area contributed by atoms with Crippen molar-refractivity contribution in [3.63, 3.8) is 0 Å². The van der Waals surface area contributed by atoms with Gasteiger partial charge in [0, 0.05) is 11.7 Å². The summed E-state index contributed by atoms with van der Waals surface area (Å²) in [4.78, 5) is 0. The molecule has 2 aromatic carbocycles. The second kappa shape index (κ2) is 6.01. The van der Waals surface area contributed by atoms with Gasteiger partial charge in [0.2, 0.25) is 0 Å². The van der Waals surface area contributed by atoms with E-state index < -0.39 is 0 Å². The summed E-state index contributed by atoms with van der Waals surface area (Å²) in [6.07, 6.45) is 0.618. The van der Waals surface area contributed by atoms with Crippen molar-refractivity contribution in [2.75, 3.05) is 5.32 Å². The normalized spacial score (nSPS) is 11.6. The van der Waals surface area contributed by atoms with Crippen LogP contribution in [-0.2, 0) is 6.42 Å². The van der Waals surface area contributed by atoms with Gasteiger partial charge in [0.05, 0.1) is 11.6 Å². The van der Waals surface area contributed by atoms with Crippen molar-refractivity contribution >= 4 is 5.69 Å². The summed E-state index contributed by atoms with van der Waals surface area (Å²) in [6.45, 7) is 2.00. The van der Waals surface area contributed by atoms with Gasteiger partial charge in [-0.2, -0.15) is 5.26 Å². The Hall–Kier alpha value is -2.34. The van der Waals surface area contributed by atoms with E-state index in [1.54, 1.807) is 24.3 Å². The molecule has 1 unspecified atom stereocenters. The fourth-order valence-electron chi connectivity index (χ4n) is 1.97. The first-order chi connectivity index (χ1) is 9.19. The fraction of sp³-hybridized carbons (Fsp3) is 0.188. The van der Waals surface area contributed by atoms with Gasteiger partial charge < -0.3 is 5.32 Å². The number of nitrogens with zero attached hydrogens (tertiary/aromatic N) is 1. The van der Waals surface area contributed by atoms with Crippen LogP contribution in [0.4, 0.5) is 10.1 Å². The van der Waals surface area contributed by atoms with E-state index in [1.165, 1.54) is 6.07 Å². The van der Waals surface area contributed by atoms with E-state index in [9.17, 15) is 4.39 Å². The van der Waals surface area contributed by atoms with Gasteiger partial charge in [0.1, 0.15) is 5.82 Å². The van der Waals surface area contributed by atoms with E-state index in [0.717, 1.165) is 5.69 Å². The zero-order chi connectivity index (χ0) is 13.7. The van der Waals surface area contributed by atoms with Crippen LogP contribution in [-0.4, -0.2) is 6.04 Å². The first-order valence-electron chi connectivity index (χ1n) is 6.19. The lowest BCUT2D eigenvalue weighted by molar-refractivity contribution is 0.601. The standard InChI is InChI=1S/C16H15FN2/c1-12(10-14-4-2-3-5-16(14)17)19-15-8-6-13(11-18)7-9-15/h2-9,12,19H,10H2,1H3. The zero-order valence-electron chi connectivity index (χ0n) is 10.7. The Balaban J connectivity index is 1.99. The third-order valence-corrected chi connectivity index (χ3v) is 2.91. The lowest BCUT2D eigenvalue weighted by atomic mass is 10.1. The van der Waals surface area contributed by atoms with Crippen LogP contribution in [0.1, 0.15) is 18.1 Å². The minimum absolute atomic E-state index is 0.116. The van der Waals surface area contributed by atoms with Crippen LogP contribution < -0.4 is 5.32 Å². The van der Waals surface area contributed by atoms with Crippen molar-refractivity contribution < 1.29 is 4.39 Å². The van der Waals surface area contributed by atoms with Gasteiger partial charge in [0.25, 0.3) is 0 Å². The molecule has 0 spiro atoms. The third-order valence-electron chi connectivity index (χ3n) is 2.91. The smallest absolute Gasteiger partial charge is 0.126 e. The molecule has 1 atom stereocenters. The lowest BCUT2D eigenvalue weighted by Gasteiger charge is -2.15. The molecule has 0 saturated carbocycles. The molecule has 0 amide bonds. The molecule has 0 bridgehead atoms. The van der Waals surface area contributed by atoms with Crippen LogP contribution in [0.5, 0.6) is 0 Å². The quantitative estimate of drug-likeness (QED) is 0.902. The largest absolute Gasteiger partial charge is 0.382 e. The monoisotopic (exact) mass is 254 g/mol. The van der Waals surface area contributed by atoms with Gasteiger partial charge in [-0.3, -0.25) is 0 Å². The number of rotatable bonds is 4. The molecule has 0 saturated heterocycles. The maximum atomic E-state index is 13.5. The summed E-state index contributed by atoms with van der Waals surface area (Å²) in [5, 5.41) is 12.0. The van der Waals surface area contributed by atoms with Crippen molar-refractivity contribution in [3.05, 3.63) is 65.5 Å². The molecule has 0 aliphatic rings. The molecule has 96 valence electrons. The highest BCUT2D eigenvalue weighted by molar-refractivity contribution is 5.47. The molecule has 0 aromatic heterocycles. The zero-order valence-corrected chi connectivity index (χ0v) is 10.7. The fourth-order valence-corrected chi connectivity index (χ4v) is 1.97. The van der Waals surface area contributed by atoms with Gasteiger partial charge in [-0.05, 0) is 49.2 Å². The van der Waals surface area contributed by atoms with Gasteiger partial charge in [-0.25, -0.2) is 4.39 Å². The first kappa shape index (κ1) is 13.1. The average molecular weight is 254 g/mol. The second-order valence-corrected chi connectivity index (χ2v) is 4.53. The minimum Gasteiger partial charge on any atom is -0.382 e. The Morgan fingerprint density at radius 1 is 1.16 bits per heavy atom. The molecule has 0 radical (unpaired) electrons. The molecule has 2 nitrogen and oxygen atoms in total. The van der Waals surface area contributed by atoms with E-state index in [4.69, 9.17) is 5.26 Å². The van der Waals surface area contributed by atoms with E-state index in [2.05, 4.69) is 11.4 Å². The molecule has 1 N–H and O–H groups in total. The molecular formula is C16H15FN2. The summed E-state index contributed by atoms with van der Waals surface area (Å²) in [6, 6.07) is 16.2. The predicted molar refractivity (Wildman–Crippen MR) is 74.3 cm³/mol. The third kappa shape index (κ3) is 3.56. The van der Waals surface area contributed by atoms with Crippen molar-refractivity contribution in [3.8, 4) is 6.07 Å². The maximum Gasteiger partial charge on any atom is 0.126 e. The summed E-state index contributed by atoms with van der Waals surface area (Å²) in [5.74, 6) is -0.170. The van der Waals surface area contributed by atoms with Crippen molar-refractivity contribution in [2.24, 2.45) is 0 Å². The Morgan fingerprint density at radius 3 is 2.47 bits per heavy atom. The number of halogens is 1. The van der Waals surface area contributed by atoms with Crippen LogP contribution in [0.25, 0.3) is 0 Å². The van der Waals surface area contributed by atoms with E-state index in [-0.39, 0.29) is 11.9 Å². The Morgan fingerprint density at radius 2 is 1.84 bits per heavy atom. The highest BCUT2D eigenvalue weighted by Crippen LogP contribution is 2.14. The number of hydrogen-bond acceptors (Lipinski definition) is 2. The number of nitriles is 1. The Bertz CT molecular complexity index is 584. The van der Waals surface area contributed by atoms with Crippen LogP contribution in [0.3, 0.4) is 0 Å². The molecule has 0 fully saturated rings. The number of nitrogens with one attached hydrogen (secondary N) is 1. The van der Waals surface area contributed by atoms with Gasteiger partial charge >= 0.3 is 0 Å². The molecule has 0 heterocycles. The Kier molecular flexibility index (Phi) is 4.15. The molecule has 2 aromatic rings. The number of benzene rings is 2. The lowest BCUT2D eigenvalue weighted by Crippen LogP contribution is -2.18. The molecule has 0 aliphatic carbocycles. The SMILES string of the molecule is CC(Cc1ccccc1F)Nc1ccc(C#N)cc1. The van der Waals surface area contributed by atoms with Crippen LogP contribution >= 0.6 is 0 Å². The van der Waals surface area contributed by atoms with E-state index in [0.29, 0.717) is 17.5 Å². The summed E-state index contributed by atoms with van der Waals surface area (Å²) in [7, 11) is 0. The number of anilines is 1.